The number of nitrogens with one attached hydrogen (secondary N) is 1. The molecule has 1 aliphatic carbocycles. The maximum Gasteiger partial charge on any atom is 0.254 e. The summed E-state index contributed by atoms with van der Waals surface area (Å²) in [5, 5.41) is 9.98. The molecule has 0 radical (unpaired) electrons. The number of phenols is 1. The van der Waals surface area contributed by atoms with Crippen molar-refractivity contribution in [3.63, 3.8) is 0 Å². The van der Waals surface area contributed by atoms with Gasteiger partial charge in [-0.1, -0.05) is 18.2 Å². The van der Waals surface area contributed by atoms with Crippen LogP contribution in [0.15, 0.2) is 29.1 Å². The number of benzene rings is 1. The van der Waals surface area contributed by atoms with Crippen LogP contribution in [0.5, 0.6) is 5.75 Å². The van der Waals surface area contributed by atoms with Crippen molar-refractivity contribution in [2.75, 3.05) is 13.1 Å². The van der Waals surface area contributed by atoms with Crippen LogP contribution in [0.2, 0.25) is 0 Å². The first kappa shape index (κ1) is 14.5. The second-order valence-corrected chi connectivity index (χ2v) is 6.74. The number of para-hydroxylation sites is 1. The highest BCUT2D eigenvalue weighted by Crippen LogP contribution is 2.40. The van der Waals surface area contributed by atoms with Gasteiger partial charge in [-0.15, -0.1) is 0 Å². The summed E-state index contributed by atoms with van der Waals surface area (Å²) in [5.74, 6) is 1.95. The molecule has 1 aromatic heterocycles. The molecule has 2 aliphatic rings. The molecule has 0 unspecified atom stereocenters. The highest BCUT2D eigenvalue weighted by atomic mass is 16.3. The lowest BCUT2D eigenvalue weighted by Crippen LogP contribution is -2.28. The maximum absolute atomic E-state index is 12.1. The Labute approximate surface area is 135 Å². The summed E-state index contributed by atoms with van der Waals surface area (Å²) in [6.45, 7) is 4.51. The zero-order valence-corrected chi connectivity index (χ0v) is 13.2. The van der Waals surface area contributed by atoms with E-state index in [9.17, 15) is 9.90 Å². The normalized spacial score (nSPS) is 23.5. The fourth-order valence-corrected chi connectivity index (χ4v) is 4.09. The van der Waals surface area contributed by atoms with E-state index >= 15 is 0 Å². The molecule has 2 aromatic rings. The molecule has 1 aromatic carbocycles. The van der Waals surface area contributed by atoms with Crippen molar-refractivity contribution >= 4 is 0 Å². The fourth-order valence-electron chi connectivity index (χ4n) is 4.09. The van der Waals surface area contributed by atoms with E-state index in [2.05, 4.69) is 14.9 Å². The number of aromatic hydroxyl groups is 1. The Kier molecular flexibility index (Phi) is 3.45. The number of likely N-dealkylation sites (tertiary alicyclic amines) is 1. The van der Waals surface area contributed by atoms with E-state index in [1.54, 1.807) is 6.07 Å². The van der Waals surface area contributed by atoms with Crippen molar-refractivity contribution < 1.29 is 5.11 Å². The average molecular weight is 311 g/mol. The molecule has 2 N–H and O–H groups in total. The zero-order chi connectivity index (χ0) is 16.0. The first-order valence-corrected chi connectivity index (χ1v) is 8.20. The Morgan fingerprint density at radius 1 is 1.35 bits per heavy atom. The van der Waals surface area contributed by atoms with Crippen LogP contribution in [0.25, 0.3) is 0 Å². The van der Waals surface area contributed by atoms with E-state index in [1.807, 2.05) is 25.1 Å². The lowest BCUT2D eigenvalue weighted by atomic mass is 9.80. The van der Waals surface area contributed by atoms with E-state index in [1.165, 1.54) is 0 Å². The number of fused-ring (bicyclic) bond motifs is 3. The van der Waals surface area contributed by atoms with Gasteiger partial charge in [-0.3, -0.25) is 9.69 Å². The Hall–Kier alpha value is -2.14. The smallest absolute Gasteiger partial charge is 0.254 e. The first-order chi connectivity index (χ1) is 11.1. The maximum atomic E-state index is 12.1. The molecule has 1 fully saturated rings. The van der Waals surface area contributed by atoms with Crippen molar-refractivity contribution in [1.29, 1.82) is 0 Å². The number of H-pyrrole nitrogens is 1. The molecule has 5 heteroatoms. The Morgan fingerprint density at radius 2 is 2.17 bits per heavy atom. The summed E-state index contributed by atoms with van der Waals surface area (Å²) in [4.78, 5) is 22.0. The third-order valence-electron chi connectivity index (χ3n) is 5.18. The van der Waals surface area contributed by atoms with Crippen molar-refractivity contribution in [3.05, 3.63) is 57.3 Å². The first-order valence-electron chi connectivity index (χ1n) is 8.20. The summed E-state index contributed by atoms with van der Waals surface area (Å²) in [7, 11) is 0. The van der Waals surface area contributed by atoms with Crippen LogP contribution < -0.4 is 5.56 Å². The van der Waals surface area contributed by atoms with Gasteiger partial charge >= 0.3 is 0 Å². The minimum Gasteiger partial charge on any atom is -0.508 e. The van der Waals surface area contributed by atoms with Gasteiger partial charge < -0.3 is 10.1 Å². The molecule has 1 aliphatic heterocycles. The lowest BCUT2D eigenvalue weighted by molar-refractivity contribution is 0.308. The molecular weight excluding hydrogens is 290 g/mol. The molecule has 0 saturated carbocycles. The van der Waals surface area contributed by atoms with Crippen molar-refractivity contribution in [2.24, 2.45) is 5.92 Å². The second-order valence-electron chi connectivity index (χ2n) is 6.74. The van der Waals surface area contributed by atoms with Crippen molar-refractivity contribution in [2.45, 2.75) is 32.2 Å². The highest BCUT2D eigenvalue weighted by Gasteiger charge is 2.39. The van der Waals surface area contributed by atoms with Crippen molar-refractivity contribution in [3.8, 4) is 5.75 Å². The van der Waals surface area contributed by atoms with Gasteiger partial charge in [-0.25, -0.2) is 4.98 Å². The van der Waals surface area contributed by atoms with Crippen LogP contribution in [0, 0.1) is 12.8 Å². The number of aryl methyl sites for hydroxylation is 1. The summed E-state index contributed by atoms with van der Waals surface area (Å²) < 4.78 is 0. The van der Waals surface area contributed by atoms with Gasteiger partial charge in [-0.2, -0.15) is 0 Å². The molecule has 0 spiro atoms. The molecule has 1 saturated heterocycles. The number of aromatic amines is 1. The number of hydrogen-bond donors (Lipinski definition) is 2. The van der Waals surface area contributed by atoms with Crippen molar-refractivity contribution in [1.82, 2.24) is 14.9 Å². The summed E-state index contributed by atoms with van der Waals surface area (Å²) in [5.41, 5.74) is 2.87. The van der Waals surface area contributed by atoms with Crippen LogP contribution in [0.4, 0.5) is 0 Å². The van der Waals surface area contributed by atoms with E-state index in [0.717, 1.165) is 49.3 Å². The number of aromatic nitrogens is 2. The van der Waals surface area contributed by atoms with E-state index in [4.69, 9.17) is 0 Å². The standard InChI is InChI=1S/C18H21N3O2/c1-11-19-17-14(18(23)20-11)7-6-12-8-21(10-15(12)17)9-13-4-2-3-5-16(13)22/h2-5,12,15,22H,6-10H2,1H3,(H,19,20,23)/t12-,15+/m1/s1. The van der Waals surface area contributed by atoms with Crippen LogP contribution in [-0.4, -0.2) is 33.1 Å². The molecule has 23 heavy (non-hydrogen) atoms. The summed E-state index contributed by atoms with van der Waals surface area (Å²) >= 11 is 0. The van der Waals surface area contributed by atoms with Gasteiger partial charge in [0.1, 0.15) is 11.6 Å². The van der Waals surface area contributed by atoms with Crippen LogP contribution in [0.3, 0.4) is 0 Å². The van der Waals surface area contributed by atoms with Crippen LogP contribution in [0.1, 0.15) is 35.0 Å². The van der Waals surface area contributed by atoms with Gasteiger partial charge in [0.15, 0.2) is 0 Å². The Bertz CT molecular complexity index is 799. The van der Waals surface area contributed by atoms with E-state index in [0.29, 0.717) is 23.4 Å². The zero-order valence-electron chi connectivity index (χ0n) is 13.2. The molecular formula is C18H21N3O2. The van der Waals surface area contributed by atoms with Gasteiger partial charge in [-0.05, 0) is 31.7 Å². The fraction of sp³-hybridized carbons (Fsp3) is 0.444. The molecule has 5 nitrogen and oxygen atoms in total. The Balaban J connectivity index is 1.60. The lowest BCUT2D eigenvalue weighted by Gasteiger charge is -2.25. The highest BCUT2D eigenvalue weighted by molar-refractivity contribution is 5.32. The quantitative estimate of drug-likeness (QED) is 0.889. The Morgan fingerprint density at radius 3 is 3.00 bits per heavy atom. The largest absolute Gasteiger partial charge is 0.508 e. The molecule has 2 atom stereocenters. The predicted molar refractivity (Wildman–Crippen MR) is 87.5 cm³/mol. The van der Waals surface area contributed by atoms with Crippen LogP contribution in [-0.2, 0) is 13.0 Å². The third kappa shape index (κ3) is 2.55. The number of rotatable bonds is 2. The number of hydrogen-bond acceptors (Lipinski definition) is 4. The number of nitrogens with zero attached hydrogens (tertiary/aromatic N) is 2. The average Bonchev–Trinajstić information content (AvgIpc) is 2.92. The van der Waals surface area contributed by atoms with Crippen LogP contribution >= 0.6 is 0 Å². The number of phenolic OH excluding ortho intramolecular Hbond substituents is 1. The minimum absolute atomic E-state index is 0.0325. The molecule has 0 bridgehead atoms. The monoisotopic (exact) mass is 311 g/mol. The molecule has 2 heterocycles. The summed E-state index contributed by atoms with van der Waals surface area (Å²) in [6.07, 6.45) is 1.87. The topological polar surface area (TPSA) is 69.2 Å². The predicted octanol–water partition coefficient (Wildman–Crippen LogP) is 1.95. The van der Waals surface area contributed by atoms with E-state index in [-0.39, 0.29) is 5.56 Å². The van der Waals surface area contributed by atoms with Gasteiger partial charge in [0.2, 0.25) is 0 Å². The summed E-state index contributed by atoms with van der Waals surface area (Å²) in [6, 6.07) is 7.51. The molecule has 120 valence electrons. The molecule has 0 amide bonds. The van der Waals surface area contributed by atoms with E-state index < -0.39 is 0 Å². The van der Waals surface area contributed by atoms with Gasteiger partial charge in [0.25, 0.3) is 5.56 Å². The third-order valence-corrected chi connectivity index (χ3v) is 5.18. The van der Waals surface area contributed by atoms with Gasteiger partial charge in [0, 0.05) is 36.7 Å². The minimum atomic E-state index is 0.0325. The molecule has 4 rings (SSSR count). The SMILES string of the molecule is Cc1nc2c(c(=O)[nH]1)CC[C@@H]1CN(Cc3ccccc3O)C[C@H]21. The second kappa shape index (κ2) is 5.49. The van der Waals surface area contributed by atoms with Gasteiger partial charge in [0.05, 0.1) is 5.69 Å².